The highest BCUT2D eigenvalue weighted by molar-refractivity contribution is 14.1. The molecule has 2 N–H and O–H groups in total. The first kappa shape index (κ1) is 24.7. The van der Waals surface area contributed by atoms with Gasteiger partial charge in [0.25, 0.3) is 5.91 Å². The molecule has 0 unspecified atom stereocenters. The van der Waals surface area contributed by atoms with Gasteiger partial charge in [-0.3, -0.25) is 4.79 Å². The fraction of sp³-hybridized carbons (Fsp3) is 0.500. The molecule has 0 atom stereocenters. The van der Waals surface area contributed by atoms with Gasteiger partial charge in [0.05, 0.1) is 0 Å². The Bertz CT molecular complexity index is 713. The van der Waals surface area contributed by atoms with E-state index < -0.39 is 0 Å². The minimum absolute atomic E-state index is 0.0306. The SMILES string of the molecule is CCCCCCCCCCCCNC(=O)c1ccc(CNc2ccc(I)cc2)cc1. The molecule has 0 fully saturated rings. The third kappa shape index (κ3) is 10.5. The fourth-order valence-electron chi connectivity index (χ4n) is 3.46. The van der Waals surface area contributed by atoms with Crippen LogP contribution in [0.3, 0.4) is 0 Å². The van der Waals surface area contributed by atoms with E-state index in [4.69, 9.17) is 0 Å². The first-order valence-electron chi connectivity index (χ1n) is 11.6. The van der Waals surface area contributed by atoms with Crippen molar-refractivity contribution in [1.82, 2.24) is 5.32 Å². The zero-order valence-electron chi connectivity index (χ0n) is 18.4. The molecule has 164 valence electrons. The summed E-state index contributed by atoms with van der Waals surface area (Å²) in [6, 6.07) is 16.2. The predicted octanol–water partition coefficient (Wildman–Crippen LogP) is 7.55. The maximum absolute atomic E-state index is 12.3. The molecule has 4 heteroatoms. The van der Waals surface area contributed by atoms with Gasteiger partial charge < -0.3 is 10.6 Å². The van der Waals surface area contributed by atoms with Crippen LogP contribution in [-0.4, -0.2) is 12.5 Å². The van der Waals surface area contributed by atoms with Crippen LogP contribution in [0.4, 0.5) is 5.69 Å². The second-order valence-corrected chi connectivity index (χ2v) is 9.24. The van der Waals surface area contributed by atoms with Crippen molar-refractivity contribution in [3.8, 4) is 0 Å². The Morgan fingerprint density at radius 1 is 0.767 bits per heavy atom. The standard InChI is InChI=1S/C26H37IN2O/c1-2-3-4-5-6-7-8-9-10-11-20-28-26(30)23-14-12-22(13-15-23)21-29-25-18-16-24(27)17-19-25/h12-19,29H,2-11,20-21H2,1H3,(H,28,30). The van der Waals surface area contributed by atoms with Crippen molar-refractivity contribution in [2.45, 2.75) is 77.7 Å². The number of anilines is 1. The van der Waals surface area contributed by atoms with Gasteiger partial charge in [-0.2, -0.15) is 0 Å². The fourth-order valence-corrected chi connectivity index (χ4v) is 3.82. The van der Waals surface area contributed by atoms with Gasteiger partial charge in [0.15, 0.2) is 0 Å². The molecular weight excluding hydrogens is 483 g/mol. The van der Waals surface area contributed by atoms with Crippen molar-refractivity contribution >= 4 is 34.2 Å². The number of unbranched alkanes of at least 4 members (excludes halogenated alkanes) is 9. The van der Waals surface area contributed by atoms with Gasteiger partial charge in [0, 0.05) is 27.9 Å². The lowest BCUT2D eigenvalue weighted by atomic mass is 10.1. The minimum atomic E-state index is 0.0306. The molecule has 0 aliphatic rings. The molecule has 30 heavy (non-hydrogen) atoms. The number of carbonyl (C=O) groups is 1. The Kier molecular flexibility index (Phi) is 12.6. The van der Waals surface area contributed by atoms with Crippen LogP contribution in [0, 0.1) is 3.57 Å². The molecule has 3 nitrogen and oxygen atoms in total. The lowest BCUT2D eigenvalue weighted by Gasteiger charge is -2.08. The van der Waals surface area contributed by atoms with Crippen molar-refractivity contribution in [2.24, 2.45) is 0 Å². The summed E-state index contributed by atoms with van der Waals surface area (Å²) in [5.74, 6) is 0.0306. The maximum Gasteiger partial charge on any atom is 0.251 e. The molecule has 0 aromatic heterocycles. The molecule has 0 aliphatic heterocycles. The average Bonchev–Trinajstić information content (AvgIpc) is 2.77. The quantitative estimate of drug-likeness (QED) is 0.188. The highest BCUT2D eigenvalue weighted by atomic mass is 127. The molecule has 0 radical (unpaired) electrons. The van der Waals surface area contributed by atoms with Crippen LogP contribution < -0.4 is 10.6 Å². The molecule has 2 rings (SSSR count). The van der Waals surface area contributed by atoms with Crippen molar-refractivity contribution in [1.29, 1.82) is 0 Å². The largest absolute Gasteiger partial charge is 0.381 e. The van der Waals surface area contributed by atoms with E-state index in [2.05, 4.69) is 64.4 Å². The van der Waals surface area contributed by atoms with E-state index in [0.717, 1.165) is 30.8 Å². The van der Waals surface area contributed by atoms with Crippen LogP contribution in [0.2, 0.25) is 0 Å². The Hall–Kier alpha value is -1.56. The summed E-state index contributed by atoms with van der Waals surface area (Å²) in [6.07, 6.45) is 13.1. The number of hydrogen-bond donors (Lipinski definition) is 2. The number of carbonyl (C=O) groups excluding carboxylic acids is 1. The summed E-state index contributed by atoms with van der Waals surface area (Å²) in [4.78, 5) is 12.3. The second kappa shape index (κ2) is 15.3. The van der Waals surface area contributed by atoms with Crippen LogP contribution in [0.25, 0.3) is 0 Å². The van der Waals surface area contributed by atoms with Crippen molar-refractivity contribution < 1.29 is 4.79 Å². The Labute approximate surface area is 196 Å². The van der Waals surface area contributed by atoms with Gasteiger partial charge in [-0.05, 0) is 71.0 Å². The normalized spacial score (nSPS) is 10.7. The summed E-state index contributed by atoms with van der Waals surface area (Å²) in [5.41, 5.74) is 3.01. The maximum atomic E-state index is 12.3. The van der Waals surface area contributed by atoms with Gasteiger partial charge in [0.2, 0.25) is 0 Å². The first-order chi connectivity index (χ1) is 14.7. The number of nitrogens with one attached hydrogen (secondary N) is 2. The van der Waals surface area contributed by atoms with E-state index in [9.17, 15) is 4.79 Å². The van der Waals surface area contributed by atoms with Crippen molar-refractivity contribution in [2.75, 3.05) is 11.9 Å². The second-order valence-electron chi connectivity index (χ2n) is 8.00. The van der Waals surface area contributed by atoms with Gasteiger partial charge in [-0.1, -0.05) is 76.8 Å². The van der Waals surface area contributed by atoms with Gasteiger partial charge >= 0.3 is 0 Å². The topological polar surface area (TPSA) is 41.1 Å². The molecule has 0 spiro atoms. The summed E-state index contributed by atoms with van der Waals surface area (Å²) in [6.45, 7) is 3.78. The van der Waals surface area contributed by atoms with E-state index in [-0.39, 0.29) is 5.91 Å². The summed E-state index contributed by atoms with van der Waals surface area (Å²) in [7, 11) is 0. The molecule has 0 bridgehead atoms. The lowest BCUT2D eigenvalue weighted by Crippen LogP contribution is -2.24. The molecule has 1 amide bonds. The number of benzene rings is 2. The first-order valence-corrected chi connectivity index (χ1v) is 12.6. The zero-order chi connectivity index (χ0) is 21.4. The number of rotatable bonds is 15. The van der Waals surface area contributed by atoms with Gasteiger partial charge in [-0.15, -0.1) is 0 Å². The minimum Gasteiger partial charge on any atom is -0.381 e. The molecule has 2 aromatic carbocycles. The highest BCUT2D eigenvalue weighted by Gasteiger charge is 2.04. The van der Waals surface area contributed by atoms with Crippen LogP contribution in [0.5, 0.6) is 0 Å². The van der Waals surface area contributed by atoms with Crippen LogP contribution in [0.15, 0.2) is 48.5 Å². The van der Waals surface area contributed by atoms with Crippen LogP contribution in [0.1, 0.15) is 87.1 Å². The summed E-state index contributed by atoms with van der Waals surface area (Å²) >= 11 is 2.30. The van der Waals surface area contributed by atoms with Gasteiger partial charge in [0.1, 0.15) is 0 Å². The molecule has 0 heterocycles. The van der Waals surface area contributed by atoms with E-state index >= 15 is 0 Å². The van der Waals surface area contributed by atoms with Crippen LogP contribution >= 0.6 is 22.6 Å². The van der Waals surface area contributed by atoms with E-state index in [1.165, 1.54) is 66.9 Å². The van der Waals surface area contributed by atoms with Crippen LogP contribution in [-0.2, 0) is 6.54 Å². The third-order valence-electron chi connectivity index (χ3n) is 5.37. The Morgan fingerprint density at radius 2 is 1.33 bits per heavy atom. The van der Waals surface area contributed by atoms with Crippen molar-refractivity contribution in [3.63, 3.8) is 0 Å². The molecule has 0 saturated heterocycles. The molecular formula is C26H37IN2O. The third-order valence-corrected chi connectivity index (χ3v) is 6.09. The lowest BCUT2D eigenvalue weighted by molar-refractivity contribution is 0.0953. The number of hydrogen-bond acceptors (Lipinski definition) is 2. The molecule has 0 aliphatic carbocycles. The molecule has 2 aromatic rings. The van der Waals surface area contributed by atoms with E-state index in [1.807, 2.05) is 24.3 Å². The number of amides is 1. The zero-order valence-corrected chi connectivity index (χ0v) is 20.5. The monoisotopic (exact) mass is 520 g/mol. The number of halogens is 1. The summed E-state index contributed by atoms with van der Waals surface area (Å²) in [5, 5.41) is 6.46. The highest BCUT2D eigenvalue weighted by Crippen LogP contribution is 2.13. The smallest absolute Gasteiger partial charge is 0.251 e. The van der Waals surface area contributed by atoms with Crippen molar-refractivity contribution in [3.05, 3.63) is 63.2 Å². The predicted molar refractivity (Wildman–Crippen MR) is 137 cm³/mol. The summed E-state index contributed by atoms with van der Waals surface area (Å²) < 4.78 is 1.23. The average molecular weight is 520 g/mol. The van der Waals surface area contributed by atoms with Gasteiger partial charge in [-0.25, -0.2) is 0 Å². The molecule has 0 saturated carbocycles. The Morgan fingerprint density at radius 3 is 1.93 bits per heavy atom. The van der Waals surface area contributed by atoms with E-state index in [1.54, 1.807) is 0 Å². The Balaban J connectivity index is 1.54. The van der Waals surface area contributed by atoms with E-state index in [0.29, 0.717) is 0 Å².